The lowest BCUT2D eigenvalue weighted by Crippen LogP contribution is -2.47. The predicted octanol–water partition coefficient (Wildman–Crippen LogP) is 3.21. The van der Waals surface area contributed by atoms with Crippen molar-refractivity contribution in [3.8, 4) is 0 Å². The zero-order chi connectivity index (χ0) is 17.6. The highest BCUT2D eigenvalue weighted by Crippen LogP contribution is 2.39. The largest absolute Gasteiger partial charge is 0.332 e. The number of amides is 2. The molecule has 5 nitrogen and oxygen atoms in total. The molecule has 2 aliphatic heterocycles. The Labute approximate surface area is 149 Å². The highest BCUT2D eigenvalue weighted by Gasteiger charge is 2.51. The van der Waals surface area contributed by atoms with Gasteiger partial charge in [0, 0.05) is 36.7 Å². The van der Waals surface area contributed by atoms with Crippen LogP contribution in [-0.4, -0.2) is 40.2 Å². The molecular weight excluding hydrogens is 324 g/mol. The van der Waals surface area contributed by atoms with E-state index in [2.05, 4.69) is 17.6 Å². The van der Waals surface area contributed by atoms with Gasteiger partial charge in [-0.2, -0.15) is 11.8 Å². The number of fused-ring (bicyclic) bond motifs is 1. The molecule has 0 bridgehead atoms. The van der Waals surface area contributed by atoms with Gasteiger partial charge in [0.25, 0.3) is 0 Å². The Morgan fingerprint density at radius 3 is 2.50 bits per heavy atom. The molecule has 0 aliphatic carbocycles. The van der Waals surface area contributed by atoms with E-state index in [9.17, 15) is 14.4 Å². The number of unbranched alkanes of at least 4 members (excludes halogenated alkanes) is 1. The number of carbonyl (C=O) groups excluding carboxylic acids is 3. The van der Waals surface area contributed by atoms with Gasteiger partial charge in [0.05, 0.1) is 11.6 Å². The summed E-state index contributed by atoms with van der Waals surface area (Å²) >= 11 is 1.92. The van der Waals surface area contributed by atoms with E-state index >= 15 is 0 Å². The van der Waals surface area contributed by atoms with Gasteiger partial charge in [0.1, 0.15) is 11.6 Å². The first kappa shape index (κ1) is 19.3. The van der Waals surface area contributed by atoms with Gasteiger partial charge in [0.15, 0.2) is 0 Å². The fraction of sp³-hybridized carbons (Fsp3) is 0.833. The molecule has 6 heteroatoms. The van der Waals surface area contributed by atoms with Crippen LogP contribution in [0.3, 0.4) is 0 Å². The number of Topliss-reactive ketones (excluding diaryl/α,β-unsaturated/α-hetero) is 2. The summed E-state index contributed by atoms with van der Waals surface area (Å²) in [7, 11) is 0. The van der Waals surface area contributed by atoms with Crippen LogP contribution in [0, 0.1) is 0 Å². The third kappa shape index (κ3) is 5.23. The molecule has 0 unspecified atom stereocenters. The molecule has 2 N–H and O–H groups in total. The average Bonchev–Trinajstić information content (AvgIpc) is 2.96. The maximum atomic E-state index is 11.9. The summed E-state index contributed by atoms with van der Waals surface area (Å²) in [6, 6.07) is 0.149. The van der Waals surface area contributed by atoms with Crippen LogP contribution in [0.1, 0.15) is 71.6 Å². The van der Waals surface area contributed by atoms with Gasteiger partial charge in [-0.05, 0) is 32.6 Å². The molecule has 3 atom stereocenters. The summed E-state index contributed by atoms with van der Waals surface area (Å²) in [5, 5.41) is 6.50. The van der Waals surface area contributed by atoms with Crippen molar-refractivity contribution in [3.05, 3.63) is 0 Å². The van der Waals surface area contributed by atoms with Crippen LogP contribution in [0.5, 0.6) is 0 Å². The summed E-state index contributed by atoms with van der Waals surface area (Å²) in [6.45, 7) is 4.10. The van der Waals surface area contributed by atoms with Crippen molar-refractivity contribution in [1.82, 2.24) is 10.6 Å². The molecule has 2 fully saturated rings. The molecule has 136 valence electrons. The first-order valence-corrected chi connectivity index (χ1v) is 10.2. The molecule has 0 aromatic carbocycles. The topological polar surface area (TPSA) is 75.3 Å². The molecular formula is C18H30N2O3S. The second kappa shape index (κ2) is 8.88. The zero-order valence-electron chi connectivity index (χ0n) is 14.9. The van der Waals surface area contributed by atoms with E-state index in [0.29, 0.717) is 37.4 Å². The average molecular weight is 355 g/mol. The Kier molecular flexibility index (Phi) is 7.14. The first-order chi connectivity index (χ1) is 11.4. The summed E-state index contributed by atoms with van der Waals surface area (Å²) in [4.78, 5) is 34.8. The van der Waals surface area contributed by atoms with E-state index in [4.69, 9.17) is 0 Å². The standard InChI is InChI=1S/C18H30N2O3S/c1-3-7-13(21)9-6-10-14(22)8-4-5-11-15-16-18(2,12-24-15)20-17(23)19-16/h15-16H,3-12H2,1-2H3,(H2,19,20,23)/t15-,16+,18-/m0/s1. The fourth-order valence-electron chi connectivity index (χ4n) is 3.61. The molecule has 2 heterocycles. The number of hydrogen-bond acceptors (Lipinski definition) is 4. The lowest BCUT2D eigenvalue weighted by Gasteiger charge is -2.23. The quantitative estimate of drug-likeness (QED) is 0.441. The van der Waals surface area contributed by atoms with E-state index in [1.807, 2.05) is 18.7 Å². The Balaban J connectivity index is 1.56. The van der Waals surface area contributed by atoms with Crippen molar-refractivity contribution in [1.29, 1.82) is 0 Å². The zero-order valence-corrected chi connectivity index (χ0v) is 15.7. The monoisotopic (exact) mass is 354 g/mol. The van der Waals surface area contributed by atoms with Crippen LogP contribution < -0.4 is 10.6 Å². The second-order valence-corrected chi connectivity index (χ2v) is 8.50. The van der Waals surface area contributed by atoms with Crippen molar-refractivity contribution in [2.45, 2.75) is 88.5 Å². The molecule has 0 radical (unpaired) electrons. The minimum atomic E-state index is -0.118. The van der Waals surface area contributed by atoms with Gasteiger partial charge < -0.3 is 10.6 Å². The summed E-state index contributed by atoms with van der Waals surface area (Å²) in [5.74, 6) is 1.50. The van der Waals surface area contributed by atoms with Crippen LogP contribution in [0.15, 0.2) is 0 Å². The number of hydrogen-bond donors (Lipinski definition) is 2. The van der Waals surface area contributed by atoms with Crippen molar-refractivity contribution in [3.63, 3.8) is 0 Å². The van der Waals surface area contributed by atoms with Gasteiger partial charge in [0.2, 0.25) is 0 Å². The van der Waals surface area contributed by atoms with Crippen LogP contribution in [0.2, 0.25) is 0 Å². The number of urea groups is 1. The van der Waals surface area contributed by atoms with Crippen LogP contribution in [0.4, 0.5) is 4.79 Å². The number of rotatable bonds is 11. The molecule has 2 aliphatic rings. The smallest absolute Gasteiger partial charge is 0.315 e. The molecule has 2 amide bonds. The van der Waals surface area contributed by atoms with E-state index < -0.39 is 0 Å². The Bertz CT molecular complexity index is 483. The maximum Gasteiger partial charge on any atom is 0.315 e. The van der Waals surface area contributed by atoms with Crippen LogP contribution in [-0.2, 0) is 9.59 Å². The maximum absolute atomic E-state index is 11.9. The Morgan fingerprint density at radius 2 is 1.79 bits per heavy atom. The Morgan fingerprint density at radius 1 is 1.12 bits per heavy atom. The highest BCUT2D eigenvalue weighted by atomic mass is 32.2. The van der Waals surface area contributed by atoms with Gasteiger partial charge in [-0.1, -0.05) is 13.3 Å². The van der Waals surface area contributed by atoms with E-state index in [0.717, 1.165) is 31.4 Å². The number of thioether (sulfide) groups is 1. The van der Waals surface area contributed by atoms with E-state index in [1.54, 1.807) is 0 Å². The van der Waals surface area contributed by atoms with E-state index in [-0.39, 0.29) is 29.2 Å². The lowest BCUT2D eigenvalue weighted by atomic mass is 9.92. The fourth-order valence-corrected chi connectivity index (χ4v) is 5.31. The lowest BCUT2D eigenvalue weighted by molar-refractivity contribution is -0.120. The molecule has 0 aromatic rings. The van der Waals surface area contributed by atoms with Crippen LogP contribution in [0.25, 0.3) is 0 Å². The van der Waals surface area contributed by atoms with Crippen molar-refractivity contribution >= 4 is 29.4 Å². The van der Waals surface area contributed by atoms with Crippen LogP contribution >= 0.6 is 11.8 Å². The minimum Gasteiger partial charge on any atom is -0.332 e. The second-order valence-electron chi connectivity index (χ2n) is 7.27. The minimum absolute atomic E-state index is 0.0550. The first-order valence-electron chi connectivity index (χ1n) is 9.18. The summed E-state index contributed by atoms with van der Waals surface area (Å²) in [6.07, 6.45) is 6.89. The molecule has 2 saturated heterocycles. The molecule has 2 rings (SSSR count). The summed E-state index contributed by atoms with van der Waals surface area (Å²) < 4.78 is 0. The highest BCUT2D eigenvalue weighted by molar-refractivity contribution is 8.00. The number of carbonyl (C=O) groups is 3. The third-order valence-electron chi connectivity index (χ3n) is 4.98. The molecule has 0 saturated carbocycles. The molecule has 0 aromatic heterocycles. The van der Waals surface area contributed by atoms with Gasteiger partial charge >= 0.3 is 6.03 Å². The Hall–Kier alpha value is -1.04. The predicted molar refractivity (Wildman–Crippen MR) is 97.3 cm³/mol. The summed E-state index contributed by atoms with van der Waals surface area (Å²) in [5.41, 5.74) is -0.118. The van der Waals surface area contributed by atoms with Crippen molar-refractivity contribution < 1.29 is 14.4 Å². The van der Waals surface area contributed by atoms with E-state index in [1.165, 1.54) is 0 Å². The van der Waals surface area contributed by atoms with Crippen molar-refractivity contribution in [2.24, 2.45) is 0 Å². The normalized spacial score (nSPS) is 28.3. The van der Waals surface area contributed by atoms with Crippen molar-refractivity contribution in [2.75, 3.05) is 5.75 Å². The van der Waals surface area contributed by atoms with Gasteiger partial charge in [-0.3, -0.25) is 9.59 Å². The van der Waals surface area contributed by atoms with Gasteiger partial charge in [-0.25, -0.2) is 4.79 Å². The van der Waals surface area contributed by atoms with Gasteiger partial charge in [-0.15, -0.1) is 0 Å². The third-order valence-corrected chi connectivity index (χ3v) is 6.68. The number of nitrogens with one attached hydrogen (secondary N) is 2. The molecule has 24 heavy (non-hydrogen) atoms. The number of ketones is 2. The SMILES string of the molecule is CCCC(=O)CCCC(=O)CCCC[C@@H]1SC[C@]2(C)NC(=O)N[C@H]12. The molecule has 0 spiro atoms.